The average molecular weight is 376 g/mol. The number of aromatic nitrogens is 1. The minimum atomic E-state index is -2.09. The van der Waals surface area contributed by atoms with Crippen LogP contribution < -0.4 is 5.73 Å². The number of nitrogens with zero attached hydrogens (tertiary/aromatic N) is 1. The fourth-order valence-corrected chi connectivity index (χ4v) is 3.39. The number of hydrogen-bond acceptors (Lipinski definition) is 5. The quantitative estimate of drug-likeness (QED) is 0.517. The van der Waals surface area contributed by atoms with E-state index in [0.29, 0.717) is 18.2 Å². The number of carboxylic acids is 1. The van der Waals surface area contributed by atoms with Crippen LogP contribution in [-0.4, -0.2) is 46.0 Å². The molecule has 2 atom stereocenters. The molecule has 0 aliphatic heterocycles. The molecule has 0 aromatic carbocycles. The lowest BCUT2D eigenvalue weighted by Gasteiger charge is -2.29. The Labute approximate surface area is 161 Å². The molecule has 0 saturated heterocycles. The normalized spacial score (nSPS) is 20.3. The first-order chi connectivity index (χ1) is 12.9. The minimum Gasteiger partial charge on any atom is -0.479 e. The van der Waals surface area contributed by atoms with Crippen LogP contribution >= 0.6 is 0 Å². The summed E-state index contributed by atoms with van der Waals surface area (Å²) < 4.78 is 5.51. The molecule has 2 fully saturated rings. The Balaban J connectivity index is 1.62. The lowest BCUT2D eigenvalue weighted by atomic mass is 9.89. The van der Waals surface area contributed by atoms with Crippen LogP contribution in [0.4, 0.5) is 0 Å². The third-order valence-electron chi connectivity index (χ3n) is 5.81. The van der Waals surface area contributed by atoms with Crippen LogP contribution in [0.15, 0.2) is 12.3 Å². The highest BCUT2D eigenvalue weighted by atomic mass is 16.5. The number of hydrogen-bond donors (Lipinski definition) is 3. The van der Waals surface area contributed by atoms with E-state index in [0.717, 1.165) is 37.2 Å². The molecule has 2 aliphatic rings. The number of ether oxygens (including phenoxy) is 1. The van der Waals surface area contributed by atoms with Gasteiger partial charge in [0.2, 0.25) is 0 Å². The van der Waals surface area contributed by atoms with Gasteiger partial charge in [-0.1, -0.05) is 19.3 Å². The Morgan fingerprint density at radius 3 is 2.70 bits per heavy atom. The molecular weight excluding hydrogens is 344 g/mol. The third kappa shape index (κ3) is 5.74. The molecule has 4 N–H and O–H groups in total. The van der Waals surface area contributed by atoms with Gasteiger partial charge in [0.1, 0.15) is 0 Å². The zero-order valence-electron chi connectivity index (χ0n) is 16.2. The monoisotopic (exact) mass is 376 g/mol. The van der Waals surface area contributed by atoms with Crippen molar-refractivity contribution >= 4 is 5.97 Å². The van der Waals surface area contributed by atoms with E-state index in [9.17, 15) is 15.0 Å². The highest BCUT2D eigenvalue weighted by Gasteiger charge is 2.43. The molecule has 1 aromatic heterocycles. The lowest BCUT2D eigenvalue weighted by molar-refractivity contribution is -0.162. The van der Waals surface area contributed by atoms with Gasteiger partial charge in [-0.05, 0) is 61.6 Å². The number of carbonyl (C=O) groups is 1. The summed E-state index contributed by atoms with van der Waals surface area (Å²) in [4.78, 5) is 16.1. The Morgan fingerprint density at radius 1 is 1.37 bits per heavy atom. The fourth-order valence-electron chi connectivity index (χ4n) is 3.39. The van der Waals surface area contributed by atoms with Gasteiger partial charge in [0, 0.05) is 24.9 Å². The van der Waals surface area contributed by atoms with Crippen molar-refractivity contribution in [3.05, 3.63) is 29.1 Å². The van der Waals surface area contributed by atoms with Crippen LogP contribution in [0.25, 0.3) is 0 Å². The van der Waals surface area contributed by atoms with E-state index in [1.165, 1.54) is 24.8 Å². The summed E-state index contributed by atoms with van der Waals surface area (Å²) in [6, 6.07) is 0.920. The van der Waals surface area contributed by atoms with Crippen LogP contribution in [0.2, 0.25) is 0 Å². The van der Waals surface area contributed by atoms with Crippen LogP contribution in [0.3, 0.4) is 0 Å². The molecule has 0 spiro atoms. The maximum Gasteiger partial charge on any atom is 0.337 e. The lowest BCUT2D eigenvalue weighted by Crippen LogP contribution is -2.57. The van der Waals surface area contributed by atoms with E-state index < -0.39 is 17.6 Å². The van der Waals surface area contributed by atoms with Crippen molar-refractivity contribution < 1.29 is 19.7 Å². The van der Waals surface area contributed by atoms with Crippen molar-refractivity contribution in [2.75, 3.05) is 13.2 Å². The highest BCUT2D eigenvalue weighted by Crippen LogP contribution is 2.34. The van der Waals surface area contributed by atoms with Gasteiger partial charge >= 0.3 is 5.97 Å². The van der Waals surface area contributed by atoms with Crippen LogP contribution in [0, 0.1) is 18.8 Å². The number of pyridine rings is 1. The van der Waals surface area contributed by atoms with Crippen LogP contribution in [0.5, 0.6) is 0 Å². The molecule has 2 saturated carbocycles. The van der Waals surface area contributed by atoms with E-state index in [1.54, 1.807) is 6.20 Å². The summed E-state index contributed by atoms with van der Waals surface area (Å²) in [6.07, 6.45) is 9.99. The maximum atomic E-state index is 11.8. The molecule has 1 heterocycles. The van der Waals surface area contributed by atoms with Crippen molar-refractivity contribution in [2.45, 2.75) is 69.9 Å². The van der Waals surface area contributed by atoms with Gasteiger partial charge in [-0.2, -0.15) is 0 Å². The van der Waals surface area contributed by atoms with Gasteiger partial charge in [0.05, 0.1) is 12.6 Å². The second-order valence-electron chi connectivity index (χ2n) is 8.43. The topological polar surface area (TPSA) is 106 Å². The van der Waals surface area contributed by atoms with Gasteiger partial charge in [0.25, 0.3) is 0 Å². The summed E-state index contributed by atoms with van der Waals surface area (Å²) >= 11 is 0. The first kappa shape index (κ1) is 20.2. The number of nitrogens with two attached hydrogens (primary N) is 1. The molecule has 0 bridgehead atoms. The SMILES string of the molecule is Cc1cnc(C[C@](O)(C(=O)O)[C@@H](N)COCC2CC2)cc1CCCC1CC1. The summed E-state index contributed by atoms with van der Waals surface area (Å²) in [7, 11) is 0. The van der Waals surface area contributed by atoms with Gasteiger partial charge < -0.3 is 20.7 Å². The first-order valence-corrected chi connectivity index (χ1v) is 10.1. The van der Waals surface area contributed by atoms with E-state index >= 15 is 0 Å². The Bertz CT molecular complexity index is 658. The predicted octanol–water partition coefficient (Wildman–Crippen LogP) is 2.23. The van der Waals surface area contributed by atoms with Crippen molar-refractivity contribution in [3.8, 4) is 0 Å². The van der Waals surface area contributed by atoms with Gasteiger partial charge in [-0.15, -0.1) is 0 Å². The zero-order valence-corrected chi connectivity index (χ0v) is 16.2. The third-order valence-corrected chi connectivity index (χ3v) is 5.81. The van der Waals surface area contributed by atoms with Crippen molar-refractivity contribution in [2.24, 2.45) is 17.6 Å². The average Bonchev–Trinajstić information content (AvgIpc) is 3.52. The van der Waals surface area contributed by atoms with Gasteiger partial charge in [0.15, 0.2) is 5.60 Å². The second-order valence-corrected chi connectivity index (χ2v) is 8.43. The molecule has 27 heavy (non-hydrogen) atoms. The minimum absolute atomic E-state index is 0.0272. The molecule has 6 heteroatoms. The number of aliphatic carboxylic acids is 1. The van der Waals surface area contributed by atoms with Crippen molar-refractivity contribution in [1.29, 1.82) is 0 Å². The molecular formula is C21H32N2O4. The summed E-state index contributed by atoms with van der Waals surface area (Å²) in [6.45, 7) is 2.63. The largest absolute Gasteiger partial charge is 0.479 e. The molecule has 150 valence electrons. The highest BCUT2D eigenvalue weighted by molar-refractivity contribution is 5.78. The Kier molecular flexibility index (Phi) is 6.50. The molecule has 0 unspecified atom stereocenters. The second kappa shape index (κ2) is 8.67. The van der Waals surface area contributed by atoms with Gasteiger partial charge in [-0.25, -0.2) is 4.79 Å². The molecule has 0 radical (unpaired) electrons. The first-order valence-electron chi connectivity index (χ1n) is 10.1. The molecule has 0 amide bonds. The van der Waals surface area contributed by atoms with Crippen LogP contribution in [0.1, 0.15) is 55.3 Å². The Morgan fingerprint density at radius 2 is 2.07 bits per heavy atom. The van der Waals surface area contributed by atoms with Gasteiger partial charge in [-0.3, -0.25) is 4.98 Å². The van der Waals surface area contributed by atoms with E-state index in [2.05, 4.69) is 4.98 Å². The zero-order chi connectivity index (χ0) is 19.4. The van der Waals surface area contributed by atoms with Crippen molar-refractivity contribution in [1.82, 2.24) is 4.98 Å². The van der Waals surface area contributed by atoms with E-state index in [4.69, 9.17) is 10.5 Å². The fraction of sp³-hybridized carbons (Fsp3) is 0.714. The number of aryl methyl sites for hydroxylation is 2. The summed E-state index contributed by atoms with van der Waals surface area (Å²) in [5.41, 5.74) is 6.76. The molecule has 6 nitrogen and oxygen atoms in total. The molecule has 2 aliphatic carbocycles. The standard InChI is InChI=1S/C21H32N2O4/c1-14-11-23-18(9-17(14)4-2-3-15-5-6-15)10-21(26,20(24)25)19(22)13-27-12-16-7-8-16/h9,11,15-16,19,26H,2-8,10,12-13,22H2,1H3,(H,24,25)/t19-,21+/m0/s1. The van der Waals surface area contributed by atoms with Crippen molar-refractivity contribution in [3.63, 3.8) is 0 Å². The maximum absolute atomic E-state index is 11.8. The smallest absolute Gasteiger partial charge is 0.337 e. The number of rotatable bonds is 12. The number of carboxylic acid groups (broad SMARTS) is 1. The van der Waals surface area contributed by atoms with Crippen LogP contribution in [-0.2, 0) is 22.4 Å². The molecule has 1 aromatic rings. The number of aliphatic hydroxyl groups is 1. The summed E-state index contributed by atoms with van der Waals surface area (Å²) in [5.74, 6) is 0.132. The Hall–Kier alpha value is -1.50. The van der Waals surface area contributed by atoms with E-state index in [1.807, 2.05) is 13.0 Å². The molecule has 3 rings (SSSR count). The van der Waals surface area contributed by atoms with E-state index in [-0.39, 0.29) is 13.0 Å². The predicted molar refractivity (Wildman–Crippen MR) is 102 cm³/mol. The summed E-state index contributed by atoms with van der Waals surface area (Å²) in [5, 5.41) is 20.4.